The first-order chi connectivity index (χ1) is 14.8. The van der Waals surface area contributed by atoms with E-state index >= 15 is 0 Å². The smallest absolute Gasteiger partial charge is 0.193 e. The summed E-state index contributed by atoms with van der Waals surface area (Å²) in [5.41, 5.74) is 9.90. The molecule has 2 heteroatoms. The zero-order valence-corrected chi connectivity index (χ0v) is 16.3. The third-order valence-corrected chi connectivity index (χ3v) is 6.48. The molecular weight excluding hydrogens is 368 g/mol. The first kappa shape index (κ1) is 17.1. The molecule has 0 radical (unpaired) electrons. The van der Waals surface area contributed by atoms with Crippen molar-refractivity contribution in [3.8, 4) is 22.3 Å². The quantitative estimate of drug-likeness (QED) is 0.290. The lowest BCUT2D eigenvalue weighted by Crippen LogP contribution is -2.11. The average molecular weight is 386 g/mol. The van der Waals surface area contributed by atoms with E-state index < -0.39 is 5.92 Å². The van der Waals surface area contributed by atoms with Crippen LogP contribution in [0.1, 0.15) is 44.1 Å². The van der Waals surface area contributed by atoms with Gasteiger partial charge in [-0.15, -0.1) is 0 Å². The molecule has 0 saturated heterocycles. The van der Waals surface area contributed by atoms with Crippen molar-refractivity contribution >= 4 is 12.1 Å². The molecule has 4 aromatic carbocycles. The van der Waals surface area contributed by atoms with Gasteiger partial charge in [-0.3, -0.25) is 4.79 Å². The lowest BCUT2D eigenvalue weighted by molar-refractivity contribution is -0.108. The third kappa shape index (κ3) is 2.25. The number of hydrogen-bond donors (Lipinski definition) is 0. The maximum Gasteiger partial charge on any atom is 0.193 e. The van der Waals surface area contributed by atoms with Crippen LogP contribution in [-0.4, -0.2) is 12.1 Å². The number of aldehydes is 1. The number of benzene rings is 4. The van der Waals surface area contributed by atoms with E-state index in [1.807, 2.05) is 66.7 Å². The van der Waals surface area contributed by atoms with Gasteiger partial charge in [-0.25, -0.2) is 0 Å². The maximum atomic E-state index is 13.8. The maximum absolute atomic E-state index is 13.8. The van der Waals surface area contributed by atoms with Crippen LogP contribution in [0.15, 0.2) is 84.9 Å². The number of fused-ring (bicyclic) bond motifs is 6. The highest BCUT2D eigenvalue weighted by molar-refractivity contribution is 6.14. The minimum absolute atomic E-state index is 0.00355. The summed E-state index contributed by atoms with van der Waals surface area (Å²) in [6, 6.07) is 28.1. The highest BCUT2D eigenvalue weighted by Crippen LogP contribution is 2.46. The van der Waals surface area contributed by atoms with Crippen LogP contribution >= 0.6 is 0 Å². The molecule has 0 bridgehead atoms. The minimum atomic E-state index is -0.398. The predicted molar refractivity (Wildman–Crippen MR) is 118 cm³/mol. The SMILES string of the molecule is O=CC1c2ccccc2-c2cccc(C(=O)c3cccc4c3Cc3ccccc3-4)c21. The lowest BCUT2D eigenvalue weighted by atomic mass is 9.88. The molecule has 0 N–H and O–H groups in total. The van der Waals surface area contributed by atoms with Crippen LogP contribution in [-0.2, 0) is 11.2 Å². The average Bonchev–Trinajstić information content (AvgIpc) is 3.34. The Balaban J connectivity index is 1.53. The van der Waals surface area contributed by atoms with Gasteiger partial charge in [0.2, 0.25) is 0 Å². The van der Waals surface area contributed by atoms with Gasteiger partial charge in [-0.2, -0.15) is 0 Å². The van der Waals surface area contributed by atoms with Gasteiger partial charge < -0.3 is 4.79 Å². The van der Waals surface area contributed by atoms with Crippen molar-refractivity contribution in [3.63, 3.8) is 0 Å². The highest BCUT2D eigenvalue weighted by Gasteiger charge is 2.33. The van der Waals surface area contributed by atoms with Crippen LogP contribution < -0.4 is 0 Å². The molecule has 0 amide bonds. The van der Waals surface area contributed by atoms with E-state index in [2.05, 4.69) is 18.2 Å². The monoisotopic (exact) mass is 386 g/mol. The van der Waals surface area contributed by atoms with Gasteiger partial charge in [-0.1, -0.05) is 84.9 Å². The van der Waals surface area contributed by atoms with Gasteiger partial charge >= 0.3 is 0 Å². The van der Waals surface area contributed by atoms with E-state index in [0.717, 1.165) is 51.7 Å². The van der Waals surface area contributed by atoms with Crippen LogP contribution in [0, 0.1) is 0 Å². The molecule has 2 nitrogen and oxygen atoms in total. The summed E-state index contributed by atoms with van der Waals surface area (Å²) in [5, 5.41) is 0. The molecule has 0 aromatic heterocycles. The van der Waals surface area contributed by atoms with Crippen molar-refractivity contribution in [2.24, 2.45) is 0 Å². The summed E-state index contributed by atoms with van der Waals surface area (Å²) in [6.07, 6.45) is 1.73. The molecule has 2 aliphatic carbocycles. The predicted octanol–water partition coefficient (Wildman–Crippen LogP) is 5.80. The zero-order valence-electron chi connectivity index (χ0n) is 16.3. The zero-order chi connectivity index (χ0) is 20.2. The van der Waals surface area contributed by atoms with Crippen molar-refractivity contribution in [1.82, 2.24) is 0 Å². The Labute approximate surface area is 174 Å². The third-order valence-electron chi connectivity index (χ3n) is 6.48. The van der Waals surface area contributed by atoms with E-state index in [1.54, 1.807) is 0 Å². The van der Waals surface area contributed by atoms with Crippen LogP contribution in [0.5, 0.6) is 0 Å². The van der Waals surface area contributed by atoms with Crippen molar-refractivity contribution in [2.45, 2.75) is 12.3 Å². The van der Waals surface area contributed by atoms with Crippen LogP contribution in [0.3, 0.4) is 0 Å². The lowest BCUT2D eigenvalue weighted by Gasteiger charge is -2.13. The Morgan fingerprint density at radius 3 is 2.20 bits per heavy atom. The number of carbonyl (C=O) groups is 2. The Morgan fingerprint density at radius 1 is 0.700 bits per heavy atom. The van der Waals surface area contributed by atoms with Crippen molar-refractivity contribution in [1.29, 1.82) is 0 Å². The van der Waals surface area contributed by atoms with Crippen LogP contribution in [0.2, 0.25) is 0 Å². The molecule has 1 unspecified atom stereocenters. The van der Waals surface area contributed by atoms with E-state index in [0.29, 0.717) is 5.56 Å². The molecular formula is C28H18O2. The normalized spacial score (nSPS) is 15.1. The molecule has 0 heterocycles. The van der Waals surface area contributed by atoms with Crippen LogP contribution in [0.4, 0.5) is 0 Å². The molecule has 0 spiro atoms. The second-order valence-electron chi connectivity index (χ2n) is 7.96. The van der Waals surface area contributed by atoms with Gasteiger partial charge in [0.15, 0.2) is 5.78 Å². The standard InChI is InChI=1S/C28H18O2/c29-16-26-21-10-4-3-9-20(21)22-12-6-14-24(27(22)26)28(30)23-13-5-11-19-18-8-2-1-7-17(18)15-25(19)23/h1-14,16,26H,15H2. The summed E-state index contributed by atoms with van der Waals surface area (Å²) in [5.74, 6) is -0.401. The fourth-order valence-corrected chi connectivity index (χ4v) is 5.16. The summed E-state index contributed by atoms with van der Waals surface area (Å²) < 4.78 is 0. The Kier molecular flexibility index (Phi) is 3.63. The van der Waals surface area contributed by atoms with Gasteiger partial charge in [-0.05, 0) is 50.9 Å². The molecule has 0 aliphatic heterocycles. The fraction of sp³-hybridized carbons (Fsp3) is 0.0714. The van der Waals surface area contributed by atoms with Crippen LogP contribution in [0.25, 0.3) is 22.3 Å². The molecule has 0 saturated carbocycles. The topological polar surface area (TPSA) is 34.1 Å². The highest BCUT2D eigenvalue weighted by atomic mass is 16.1. The van der Waals surface area contributed by atoms with E-state index in [9.17, 15) is 9.59 Å². The Bertz CT molecular complexity index is 1360. The second kappa shape index (κ2) is 6.36. The van der Waals surface area contributed by atoms with E-state index in [4.69, 9.17) is 0 Å². The number of carbonyl (C=O) groups excluding carboxylic acids is 2. The molecule has 4 aromatic rings. The number of rotatable bonds is 3. The first-order valence-corrected chi connectivity index (χ1v) is 10.2. The van der Waals surface area contributed by atoms with E-state index in [-0.39, 0.29) is 5.78 Å². The number of hydrogen-bond acceptors (Lipinski definition) is 2. The summed E-state index contributed by atoms with van der Waals surface area (Å²) in [6.45, 7) is 0. The van der Waals surface area contributed by atoms with E-state index in [1.165, 1.54) is 11.1 Å². The Morgan fingerprint density at radius 2 is 1.37 bits per heavy atom. The second-order valence-corrected chi connectivity index (χ2v) is 7.96. The largest absolute Gasteiger partial charge is 0.302 e. The van der Waals surface area contributed by atoms with Crippen molar-refractivity contribution in [2.75, 3.05) is 0 Å². The molecule has 6 rings (SSSR count). The first-order valence-electron chi connectivity index (χ1n) is 10.2. The van der Waals surface area contributed by atoms with Gasteiger partial charge in [0, 0.05) is 11.1 Å². The minimum Gasteiger partial charge on any atom is -0.302 e. The summed E-state index contributed by atoms with van der Waals surface area (Å²) >= 11 is 0. The van der Waals surface area contributed by atoms with Gasteiger partial charge in [0.25, 0.3) is 0 Å². The fourth-order valence-electron chi connectivity index (χ4n) is 5.16. The Hall–Kier alpha value is -3.78. The molecule has 1 atom stereocenters. The van der Waals surface area contributed by atoms with Crippen molar-refractivity contribution in [3.05, 3.63) is 118 Å². The molecule has 0 fully saturated rings. The summed E-state index contributed by atoms with van der Waals surface area (Å²) in [4.78, 5) is 25.9. The van der Waals surface area contributed by atoms with Crippen molar-refractivity contribution < 1.29 is 9.59 Å². The number of ketones is 1. The molecule has 30 heavy (non-hydrogen) atoms. The summed E-state index contributed by atoms with van der Waals surface area (Å²) in [7, 11) is 0. The van der Waals surface area contributed by atoms with Gasteiger partial charge in [0.05, 0.1) is 5.92 Å². The molecule has 142 valence electrons. The van der Waals surface area contributed by atoms with Gasteiger partial charge in [0.1, 0.15) is 6.29 Å². The molecule has 2 aliphatic rings.